The molecule has 0 aliphatic rings. The van der Waals surface area contributed by atoms with E-state index in [9.17, 15) is 9.90 Å². The zero-order valence-corrected chi connectivity index (χ0v) is 13.5. The average molecular weight is 412 g/mol. The van der Waals surface area contributed by atoms with Crippen molar-refractivity contribution < 1.29 is 9.90 Å². The van der Waals surface area contributed by atoms with Gasteiger partial charge in [0.2, 0.25) is 0 Å². The molecule has 1 amide bonds. The maximum Gasteiger partial charge on any atom is 0.252 e. The summed E-state index contributed by atoms with van der Waals surface area (Å²) in [7, 11) is 0. The highest BCUT2D eigenvalue weighted by molar-refractivity contribution is 14.1. The van der Waals surface area contributed by atoms with Crippen molar-refractivity contribution in [1.82, 2.24) is 5.32 Å². The number of aliphatic hydroxyl groups is 1. The van der Waals surface area contributed by atoms with E-state index in [4.69, 9.17) is 0 Å². The van der Waals surface area contributed by atoms with Crippen LogP contribution >= 0.6 is 38.5 Å². The number of nitrogens with one attached hydrogen (secondary N) is 1. The fraction of sp³-hybridized carbons (Fsp3) is 0.417. The molecular formula is C12H15BrINO2. The quantitative estimate of drug-likeness (QED) is 0.748. The summed E-state index contributed by atoms with van der Waals surface area (Å²) in [6.45, 7) is 3.68. The number of rotatable bonds is 4. The maximum absolute atomic E-state index is 12.1. The summed E-state index contributed by atoms with van der Waals surface area (Å²) in [5, 5.41) is 12.1. The molecule has 0 saturated carbocycles. The molecule has 5 heteroatoms. The Bertz CT molecular complexity index is 419. The van der Waals surface area contributed by atoms with E-state index in [0.717, 1.165) is 8.04 Å². The lowest BCUT2D eigenvalue weighted by molar-refractivity contribution is 0.0846. The van der Waals surface area contributed by atoms with Crippen LogP contribution in [0.4, 0.5) is 0 Å². The Morgan fingerprint density at radius 2 is 2.24 bits per heavy atom. The number of halogens is 2. The molecule has 3 nitrogen and oxygen atoms in total. The van der Waals surface area contributed by atoms with Crippen molar-refractivity contribution in [3.63, 3.8) is 0 Å². The first-order valence-corrected chi connectivity index (χ1v) is 7.17. The average Bonchev–Trinajstić information content (AvgIpc) is 2.32. The van der Waals surface area contributed by atoms with Crippen molar-refractivity contribution in [2.45, 2.75) is 25.8 Å². The third-order valence-corrected chi connectivity index (χ3v) is 4.08. The predicted molar refractivity (Wildman–Crippen MR) is 80.1 cm³/mol. The number of amides is 1. The van der Waals surface area contributed by atoms with Crippen LogP contribution in [0.2, 0.25) is 0 Å². The van der Waals surface area contributed by atoms with Gasteiger partial charge in [0.25, 0.3) is 5.91 Å². The number of carbonyl (C=O) groups excluding carboxylic acids is 1. The van der Waals surface area contributed by atoms with Crippen LogP contribution in [0.5, 0.6) is 0 Å². The Kier molecular flexibility index (Phi) is 5.40. The van der Waals surface area contributed by atoms with Gasteiger partial charge in [0.05, 0.1) is 17.7 Å². The molecule has 0 saturated heterocycles. The van der Waals surface area contributed by atoms with Gasteiger partial charge in [0.15, 0.2) is 0 Å². The van der Waals surface area contributed by atoms with E-state index in [1.807, 2.05) is 32.0 Å². The Morgan fingerprint density at radius 1 is 1.59 bits per heavy atom. The first kappa shape index (κ1) is 14.9. The minimum absolute atomic E-state index is 0.0726. The zero-order valence-electron chi connectivity index (χ0n) is 9.76. The predicted octanol–water partition coefficient (Wildman–Crippen LogP) is 2.94. The summed E-state index contributed by atoms with van der Waals surface area (Å²) < 4.78 is 1.75. The van der Waals surface area contributed by atoms with Crippen LogP contribution in [0.1, 0.15) is 30.6 Å². The molecule has 0 fully saturated rings. The van der Waals surface area contributed by atoms with Crippen molar-refractivity contribution in [3.05, 3.63) is 31.8 Å². The molecule has 0 radical (unpaired) electrons. The van der Waals surface area contributed by atoms with Gasteiger partial charge in [-0.1, -0.05) is 6.92 Å². The van der Waals surface area contributed by atoms with Crippen molar-refractivity contribution in [3.8, 4) is 0 Å². The number of hydrogen-bond donors (Lipinski definition) is 2. The van der Waals surface area contributed by atoms with Crippen molar-refractivity contribution in [1.29, 1.82) is 0 Å². The Hall–Kier alpha value is -0.140. The number of benzene rings is 1. The second-order valence-corrected chi connectivity index (χ2v) is 6.25. The standard InChI is InChI=1S/C12H15BrINO2/c1-3-12(2,7-16)15-11(17)9-6-8(14)4-5-10(9)13/h4-6,16H,3,7H2,1-2H3,(H,15,17). The second kappa shape index (κ2) is 6.15. The first-order valence-electron chi connectivity index (χ1n) is 5.30. The molecule has 1 aromatic carbocycles. The molecule has 0 spiro atoms. The van der Waals surface area contributed by atoms with E-state index in [1.54, 1.807) is 0 Å². The van der Waals surface area contributed by atoms with E-state index in [-0.39, 0.29) is 12.5 Å². The summed E-state index contributed by atoms with van der Waals surface area (Å²) >= 11 is 5.52. The van der Waals surface area contributed by atoms with Gasteiger partial charge in [-0.3, -0.25) is 4.79 Å². The van der Waals surface area contributed by atoms with Crippen molar-refractivity contribution >= 4 is 44.4 Å². The molecule has 1 unspecified atom stereocenters. The highest BCUT2D eigenvalue weighted by atomic mass is 127. The van der Waals surface area contributed by atoms with Gasteiger partial charge in [-0.05, 0) is 70.1 Å². The van der Waals surface area contributed by atoms with Gasteiger partial charge in [0.1, 0.15) is 0 Å². The first-order chi connectivity index (χ1) is 7.91. The molecule has 1 rings (SSSR count). The van der Waals surface area contributed by atoms with Crippen LogP contribution in [0.3, 0.4) is 0 Å². The second-order valence-electron chi connectivity index (χ2n) is 4.15. The third-order valence-electron chi connectivity index (χ3n) is 2.72. The van der Waals surface area contributed by atoms with Gasteiger partial charge in [-0.15, -0.1) is 0 Å². The lowest BCUT2D eigenvalue weighted by Gasteiger charge is -2.27. The number of aliphatic hydroxyl groups excluding tert-OH is 1. The third kappa shape index (κ3) is 3.93. The number of hydrogen-bond acceptors (Lipinski definition) is 2. The zero-order chi connectivity index (χ0) is 13.1. The topological polar surface area (TPSA) is 49.3 Å². The smallest absolute Gasteiger partial charge is 0.252 e. The van der Waals surface area contributed by atoms with Crippen LogP contribution in [-0.2, 0) is 0 Å². The van der Waals surface area contributed by atoms with Gasteiger partial charge >= 0.3 is 0 Å². The van der Waals surface area contributed by atoms with E-state index in [1.165, 1.54) is 0 Å². The molecule has 0 heterocycles. The maximum atomic E-state index is 12.1. The molecule has 0 aromatic heterocycles. The van der Waals surface area contributed by atoms with E-state index in [0.29, 0.717) is 12.0 Å². The minimum Gasteiger partial charge on any atom is -0.394 e. The summed E-state index contributed by atoms with van der Waals surface area (Å²) in [5.74, 6) is -0.172. The lowest BCUT2D eigenvalue weighted by Crippen LogP contribution is -2.48. The number of carbonyl (C=O) groups is 1. The van der Waals surface area contributed by atoms with Crippen LogP contribution in [-0.4, -0.2) is 23.2 Å². The molecule has 17 heavy (non-hydrogen) atoms. The molecule has 0 aliphatic heterocycles. The van der Waals surface area contributed by atoms with Gasteiger partial charge in [0, 0.05) is 8.04 Å². The molecule has 0 aliphatic carbocycles. The Morgan fingerprint density at radius 3 is 2.76 bits per heavy atom. The fourth-order valence-corrected chi connectivity index (χ4v) is 2.17. The largest absolute Gasteiger partial charge is 0.394 e. The molecule has 1 aromatic rings. The van der Waals surface area contributed by atoms with Gasteiger partial charge < -0.3 is 10.4 Å². The summed E-state index contributed by atoms with van der Waals surface area (Å²) in [5.41, 5.74) is 0.0164. The molecular weight excluding hydrogens is 397 g/mol. The molecule has 0 bridgehead atoms. The summed E-state index contributed by atoms with van der Waals surface area (Å²) in [6.07, 6.45) is 0.677. The van der Waals surface area contributed by atoms with Gasteiger partial charge in [-0.2, -0.15) is 0 Å². The SMILES string of the molecule is CCC(C)(CO)NC(=O)c1cc(I)ccc1Br. The highest BCUT2D eigenvalue weighted by Crippen LogP contribution is 2.20. The molecule has 94 valence electrons. The lowest BCUT2D eigenvalue weighted by atomic mass is 9.99. The van der Waals surface area contributed by atoms with Crippen molar-refractivity contribution in [2.24, 2.45) is 0 Å². The van der Waals surface area contributed by atoms with Gasteiger partial charge in [-0.25, -0.2) is 0 Å². The van der Waals surface area contributed by atoms with Crippen molar-refractivity contribution in [2.75, 3.05) is 6.61 Å². The molecule has 1 atom stereocenters. The van der Waals surface area contributed by atoms with E-state index in [2.05, 4.69) is 43.8 Å². The van der Waals surface area contributed by atoms with Crippen LogP contribution in [0.25, 0.3) is 0 Å². The Balaban J connectivity index is 2.94. The van der Waals surface area contributed by atoms with Crippen LogP contribution in [0, 0.1) is 3.57 Å². The molecule has 2 N–H and O–H groups in total. The summed E-state index contributed by atoms with van der Waals surface area (Å²) in [6, 6.07) is 5.58. The van der Waals surface area contributed by atoms with Crippen LogP contribution in [0.15, 0.2) is 22.7 Å². The Labute approximate surface area is 123 Å². The highest BCUT2D eigenvalue weighted by Gasteiger charge is 2.24. The van der Waals surface area contributed by atoms with E-state index < -0.39 is 5.54 Å². The summed E-state index contributed by atoms with van der Waals surface area (Å²) in [4.78, 5) is 12.1. The normalized spacial score (nSPS) is 14.2. The van der Waals surface area contributed by atoms with E-state index >= 15 is 0 Å². The monoisotopic (exact) mass is 411 g/mol. The fourth-order valence-electron chi connectivity index (χ4n) is 1.25. The minimum atomic E-state index is -0.572. The van der Waals surface area contributed by atoms with Crippen LogP contribution < -0.4 is 5.32 Å².